The fourth-order valence-electron chi connectivity index (χ4n) is 4.56. The van der Waals surface area contributed by atoms with Crippen molar-refractivity contribution < 1.29 is 4.79 Å². The highest BCUT2D eigenvalue weighted by molar-refractivity contribution is 7.98. The number of carbonyl (C=O) groups is 1. The van der Waals surface area contributed by atoms with Crippen LogP contribution in [0.4, 0.5) is 0 Å². The van der Waals surface area contributed by atoms with Gasteiger partial charge in [0.2, 0.25) is 5.91 Å². The van der Waals surface area contributed by atoms with E-state index in [1.165, 1.54) is 4.90 Å². The Morgan fingerprint density at radius 2 is 2.21 bits per heavy atom. The number of piperidine rings is 3. The molecule has 1 unspecified atom stereocenters. The normalized spacial score (nSPS) is 25.7. The standard InChI is InChI=1S/C22H29N5OS/c1-3-10-25(2)22(28)21-15-26-11-9-17(21)12-19(26)14-27-13-18(23-24-27)16-29-20-7-5-4-6-8-20/h3-8,13,17,19,21H,1,9-12,14-16H2,2H3/t17-,19+,21+/m0/s1. The van der Waals surface area contributed by atoms with Crippen molar-refractivity contribution >= 4 is 17.7 Å². The van der Waals surface area contributed by atoms with Gasteiger partial charge in [-0.05, 0) is 37.4 Å². The van der Waals surface area contributed by atoms with Gasteiger partial charge in [0, 0.05) is 43.0 Å². The number of benzene rings is 1. The van der Waals surface area contributed by atoms with Crippen LogP contribution in [0.1, 0.15) is 18.5 Å². The molecule has 5 rings (SSSR count). The first kappa shape index (κ1) is 20.2. The van der Waals surface area contributed by atoms with Crippen LogP contribution in [-0.2, 0) is 17.1 Å². The van der Waals surface area contributed by atoms with Crippen LogP contribution in [0.15, 0.2) is 54.1 Å². The summed E-state index contributed by atoms with van der Waals surface area (Å²) in [6.07, 6.45) is 6.04. The number of thioether (sulfide) groups is 1. The number of carbonyl (C=O) groups excluding carboxylic acids is 1. The average Bonchev–Trinajstić information content (AvgIpc) is 3.20. The molecule has 7 heteroatoms. The van der Waals surface area contributed by atoms with E-state index in [9.17, 15) is 4.79 Å². The third-order valence-electron chi connectivity index (χ3n) is 6.09. The minimum absolute atomic E-state index is 0.124. The molecular weight excluding hydrogens is 382 g/mol. The molecule has 3 saturated heterocycles. The third-order valence-corrected chi connectivity index (χ3v) is 7.13. The van der Waals surface area contributed by atoms with Gasteiger partial charge in [-0.3, -0.25) is 14.4 Å². The van der Waals surface area contributed by atoms with E-state index in [2.05, 4.69) is 52.3 Å². The zero-order valence-corrected chi connectivity index (χ0v) is 17.8. The van der Waals surface area contributed by atoms with Gasteiger partial charge in [-0.2, -0.15) is 0 Å². The number of amides is 1. The summed E-state index contributed by atoms with van der Waals surface area (Å²) in [5.41, 5.74) is 1.01. The first-order valence-corrected chi connectivity index (χ1v) is 11.3. The molecule has 0 radical (unpaired) electrons. The van der Waals surface area contributed by atoms with Crippen LogP contribution >= 0.6 is 11.8 Å². The Kier molecular flexibility index (Phi) is 6.35. The topological polar surface area (TPSA) is 54.3 Å². The monoisotopic (exact) mass is 411 g/mol. The van der Waals surface area contributed by atoms with E-state index in [4.69, 9.17) is 0 Å². The molecule has 1 amide bonds. The molecule has 0 spiro atoms. The molecule has 6 nitrogen and oxygen atoms in total. The van der Waals surface area contributed by atoms with Crippen molar-refractivity contribution in [3.8, 4) is 0 Å². The van der Waals surface area contributed by atoms with E-state index in [1.807, 2.05) is 22.7 Å². The molecule has 1 aromatic heterocycles. The van der Waals surface area contributed by atoms with Gasteiger partial charge < -0.3 is 4.90 Å². The van der Waals surface area contributed by atoms with Crippen LogP contribution in [0.2, 0.25) is 0 Å². The summed E-state index contributed by atoms with van der Waals surface area (Å²) in [4.78, 5) is 18.3. The van der Waals surface area contributed by atoms with Crippen LogP contribution in [0.5, 0.6) is 0 Å². The Balaban J connectivity index is 1.32. The fraction of sp³-hybridized carbons (Fsp3) is 0.500. The molecule has 3 aliphatic rings. The minimum Gasteiger partial charge on any atom is -0.342 e. The van der Waals surface area contributed by atoms with Crippen LogP contribution < -0.4 is 0 Å². The lowest BCUT2D eigenvalue weighted by Gasteiger charge is -2.49. The predicted octanol–water partition coefficient (Wildman–Crippen LogP) is 2.93. The molecule has 0 saturated carbocycles. The van der Waals surface area contributed by atoms with Gasteiger partial charge >= 0.3 is 0 Å². The Morgan fingerprint density at radius 1 is 1.38 bits per heavy atom. The Morgan fingerprint density at radius 3 is 2.93 bits per heavy atom. The molecule has 2 bridgehead atoms. The Bertz CT molecular complexity index is 839. The number of hydrogen-bond acceptors (Lipinski definition) is 5. The maximum Gasteiger partial charge on any atom is 0.227 e. The fourth-order valence-corrected chi connectivity index (χ4v) is 5.35. The molecule has 4 heterocycles. The number of fused-ring (bicyclic) bond motifs is 3. The van der Waals surface area contributed by atoms with Crippen molar-refractivity contribution in [3.05, 3.63) is 54.9 Å². The highest BCUT2D eigenvalue weighted by Gasteiger charge is 2.43. The first-order chi connectivity index (χ1) is 14.1. The van der Waals surface area contributed by atoms with Crippen molar-refractivity contribution in [2.24, 2.45) is 11.8 Å². The zero-order chi connectivity index (χ0) is 20.2. The smallest absolute Gasteiger partial charge is 0.227 e. The van der Waals surface area contributed by atoms with Gasteiger partial charge in [-0.15, -0.1) is 23.4 Å². The average molecular weight is 412 g/mol. The molecule has 3 fully saturated rings. The molecule has 154 valence electrons. The minimum atomic E-state index is 0.124. The summed E-state index contributed by atoms with van der Waals surface area (Å²) >= 11 is 1.78. The molecule has 1 aromatic carbocycles. The van der Waals surface area contributed by atoms with Crippen LogP contribution in [0.25, 0.3) is 0 Å². The Hall–Kier alpha value is -2.12. The molecule has 3 aliphatic heterocycles. The van der Waals surface area contributed by atoms with E-state index in [0.29, 0.717) is 18.5 Å². The quantitative estimate of drug-likeness (QED) is 0.494. The van der Waals surface area contributed by atoms with E-state index in [-0.39, 0.29) is 11.8 Å². The van der Waals surface area contributed by atoms with E-state index in [1.54, 1.807) is 17.8 Å². The number of rotatable bonds is 8. The molecule has 0 aliphatic carbocycles. The maximum absolute atomic E-state index is 12.8. The lowest BCUT2D eigenvalue weighted by molar-refractivity contribution is -0.142. The summed E-state index contributed by atoms with van der Waals surface area (Å²) in [5, 5.41) is 8.70. The summed E-state index contributed by atoms with van der Waals surface area (Å²) < 4.78 is 1.98. The lowest BCUT2D eigenvalue weighted by Crippen LogP contribution is -2.58. The van der Waals surface area contributed by atoms with E-state index >= 15 is 0 Å². The highest BCUT2D eigenvalue weighted by Crippen LogP contribution is 2.37. The van der Waals surface area contributed by atoms with Crippen LogP contribution in [-0.4, -0.2) is 63.4 Å². The Labute approximate surface area is 176 Å². The van der Waals surface area contributed by atoms with E-state index < -0.39 is 0 Å². The summed E-state index contributed by atoms with van der Waals surface area (Å²) in [5.74, 6) is 1.69. The number of hydrogen-bond donors (Lipinski definition) is 0. The van der Waals surface area contributed by atoms with Gasteiger partial charge in [0.1, 0.15) is 0 Å². The second kappa shape index (κ2) is 9.13. The number of aromatic nitrogens is 3. The summed E-state index contributed by atoms with van der Waals surface area (Å²) in [6, 6.07) is 10.8. The molecule has 29 heavy (non-hydrogen) atoms. The zero-order valence-electron chi connectivity index (χ0n) is 17.0. The van der Waals surface area contributed by atoms with Crippen LogP contribution in [0.3, 0.4) is 0 Å². The SMILES string of the molecule is C=CCN(C)C(=O)[C@@H]1CN2CC[C@H]1C[C@@H]2Cn1cc(CSc2ccccc2)nn1. The highest BCUT2D eigenvalue weighted by atomic mass is 32.2. The van der Waals surface area contributed by atoms with Gasteiger partial charge in [0.25, 0.3) is 0 Å². The second-order valence-corrected chi connectivity index (χ2v) is 9.13. The largest absolute Gasteiger partial charge is 0.342 e. The van der Waals surface area contributed by atoms with Crippen molar-refractivity contribution in [1.82, 2.24) is 24.8 Å². The van der Waals surface area contributed by atoms with Gasteiger partial charge in [0.15, 0.2) is 0 Å². The van der Waals surface area contributed by atoms with E-state index in [0.717, 1.165) is 43.9 Å². The maximum atomic E-state index is 12.8. The van der Waals surface area contributed by atoms with Crippen molar-refractivity contribution in [2.75, 3.05) is 26.7 Å². The van der Waals surface area contributed by atoms with Gasteiger partial charge in [0.05, 0.1) is 18.2 Å². The predicted molar refractivity (Wildman–Crippen MR) is 115 cm³/mol. The summed E-state index contributed by atoms with van der Waals surface area (Å²) in [7, 11) is 1.88. The number of nitrogens with zero attached hydrogens (tertiary/aromatic N) is 5. The van der Waals surface area contributed by atoms with Crippen molar-refractivity contribution in [3.63, 3.8) is 0 Å². The molecule has 0 N–H and O–H groups in total. The van der Waals surface area contributed by atoms with Crippen molar-refractivity contribution in [2.45, 2.75) is 36.1 Å². The first-order valence-electron chi connectivity index (χ1n) is 10.3. The van der Waals surface area contributed by atoms with Gasteiger partial charge in [-0.1, -0.05) is 29.5 Å². The summed E-state index contributed by atoms with van der Waals surface area (Å²) in [6.45, 7) is 7.16. The van der Waals surface area contributed by atoms with Crippen molar-refractivity contribution in [1.29, 1.82) is 0 Å². The van der Waals surface area contributed by atoms with Gasteiger partial charge in [-0.25, -0.2) is 0 Å². The third kappa shape index (κ3) is 4.73. The number of likely N-dealkylation sites (N-methyl/N-ethyl adjacent to an activating group) is 1. The lowest BCUT2D eigenvalue weighted by atomic mass is 9.75. The van der Waals surface area contributed by atoms with Crippen LogP contribution in [0, 0.1) is 11.8 Å². The molecular formula is C22H29N5OS. The molecule has 4 atom stereocenters. The molecule has 2 aromatic rings. The second-order valence-electron chi connectivity index (χ2n) is 8.08.